The Bertz CT molecular complexity index is 658. The molecule has 0 aliphatic carbocycles. The van der Waals surface area contributed by atoms with Crippen LogP contribution in [-0.2, 0) is 6.61 Å². The van der Waals surface area contributed by atoms with Crippen molar-refractivity contribution in [3.05, 3.63) is 63.9 Å². The van der Waals surface area contributed by atoms with Gasteiger partial charge in [0.2, 0.25) is 0 Å². The summed E-state index contributed by atoms with van der Waals surface area (Å²) in [6.45, 7) is 1.98. The zero-order valence-corrected chi connectivity index (χ0v) is 11.7. The molecule has 3 nitrogen and oxygen atoms in total. The van der Waals surface area contributed by atoms with Crippen molar-refractivity contribution in [3.8, 4) is 5.75 Å². The van der Waals surface area contributed by atoms with Gasteiger partial charge >= 0.3 is 0 Å². The molecule has 0 bridgehead atoms. The maximum atomic E-state index is 13.8. The zero-order chi connectivity index (χ0) is 14.7. The first-order valence-electron chi connectivity index (χ1n) is 5.99. The Morgan fingerprint density at radius 3 is 2.70 bits per heavy atom. The highest BCUT2D eigenvalue weighted by Gasteiger charge is 2.08. The highest BCUT2D eigenvalue weighted by Crippen LogP contribution is 2.26. The lowest BCUT2D eigenvalue weighted by Gasteiger charge is -2.10. The Labute approximate surface area is 121 Å². The van der Waals surface area contributed by atoms with Crippen LogP contribution in [0.2, 0.25) is 5.02 Å². The minimum Gasteiger partial charge on any atom is -0.487 e. The molecule has 5 heteroatoms. The molecule has 0 atom stereocenters. The molecule has 2 rings (SSSR count). The lowest BCUT2D eigenvalue weighted by molar-refractivity contribution is 0.300. The van der Waals surface area contributed by atoms with Crippen LogP contribution in [0.4, 0.5) is 4.39 Å². The summed E-state index contributed by atoms with van der Waals surface area (Å²) in [6.07, 6.45) is 0. The molecule has 0 saturated carbocycles. The van der Waals surface area contributed by atoms with Crippen molar-refractivity contribution in [3.63, 3.8) is 0 Å². The van der Waals surface area contributed by atoms with E-state index in [1.165, 1.54) is 6.07 Å². The van der Waals surface area contributed by atoms with Crippen LogP contribution in [0.1, 0.15) is 16.7 Å². The van der Waals surface area contributed by atoms with Crippen LogP contribution in [-0.4, -0.2) is 5.84 Å². The van der Waals surface area contributed by atoms with Crippen LogP contribution < -0.4 is 10.5 Å². The lowest BCUT2D eigenvalue weighted by Crippen LogP contribution is -2.12. The van der Waals surface area contributed by atoms with Gasteiger partial charge in [-0.3, -0.25) is 5.41 Å². The highest BCUT2D eigenvalue weighted by atomic mass is 35.5. The summed E-state index contributed by atoms with van der Waals surface area (Å²) in [5.41, 5.74) is 7.04. The second-order valence-electron chi connectivity index (χ2n) is 4.44. The van der Waals surface area contributed by atoms with Crippen LogP contribution >= 0.6 is 11.6 Å². The van der Waals surface area contributed by atoms with Gasteiger partial charge in [-0.1, -0.05) is 29.8 Å². The first-order valence-corrected chi connectivity index (χ1v) is 6.37. The number of nitrogens with one attached hydrogen (secondary N) is 1. The Balaban J connectivity index is 2.15. The molecule has 2 aromatic carbocycles. The first-order chi connectivity index (χ1) is 9.47. The largest absolute Gasteiger partial charge is 0.487 e. The number of hydrogen-bond acceptors (Lipinski definition) is 2. The Kier molecular flexibility index (Phi) is 4.25. The molecule has 2 aromatic rings. The van der Waals surface area contributed by atoms with E-state index in [2.05, 4.69) is 0 Å². The maximum absolute atomic E-state index is 13.8. The van der Waals surface area contributed by atoms with Gasteiger partial charge in [0, 0.05) is 11.1 Å². The van der Waals surface area contributed by atoms with Crippen molar-refractivity contribution < 1.29 is 9.13 Å². The third-order valence-electron chi connectivity index (χ3n) is 2.83. The SMILES string of the molecule is Cc1ccc(Cl)c(OCc2ccc(C(=N)N)cc2F)c1. The molecule has 0 radical (unpaired) electrons. The molecule has 0 aliphatic rings. The summed E-state index contributed by atoms with van der Waals surface area (Å²) in [7, 11) is 0. The average molecular weight is 293 g/mol. The van der Waals surface area contributed by atoms with Crippen molar-refractivity contribution in [2.75, 3.05) is 0 Å². The van der Waals surface area contributed by atoms with E-state index in [9.17, 15) is 4.39 Å². The van der Waals surface area contributed by atoms with E-state index in [0.717, 1.165) is 5.56 Å². The molecule has 20 heavy (non-hydrogen) atoms. The average Bonchev–Trinajstić information content (AvgIpc) is 2.40. The smallest absolute Gasteiger partial charge is 0.138 e. The number of nitrogens with two attached hydrogens (primary N) is 1. The first kappa shape index (κ1) is 14.3. The second kappa shape index (κ2) is 5.92. The summed E-state index contributed by atoms with van der Waals surface area (Å²) < 4.78 is 19.4. The molecule has 104 valence electrons. The van der Waals surface area contributed by atoms with Crippen LogP contribution in [0, 0.1) is 18.2 Å². The van der Waals surface area contributed by atoms with Gasteiger partial charge in [-0.2, -0.15) is 0 Å². The number of halogens is 2. The van der Waals surface area contributed by atoms with Gasteiger partial charge in [0.05, 0.1) is 5.02 Å². The van der Waals surface area contributed by atoms with Gasteiger partial charge < -0.3 is 10.5 Å². The van der Waals surface area contributed by atoms with Crippen LogP contribution in [0.3, 0.4) is 0 Å². The third kappa shape index (κ3) is 3.27. The van der Waals surface area contributed by atoms with Crippen molar-refractivity contribution in [2.24, 2.45) is 5.73 Å². The Morgan fingerprint density at radius 1 is 1.30 bits per heavy atom. The Morgan fingerprint density at radius 2 is 2.05 bits per heavy atom. The molecule has 0 aromatic heterocycles. The summed E-state index contributed by atoms with van der Waals surface area (Å²) in [6, 6.07) is 9.76. The number of hydrogen-bond donors (Lipinski definition) is 2. The van der Waals surface area contributed by atoms with Gasteiger partial charge in [-0.05, 0) is 30.7 Å². The number of amidine groups is 1. The van der Waals surface area contributed by atoms with Gasteiger partial charge in [-0.25, -0.2) is 4.39 Å². The number of aryl methyl sites for hydroxylation is 1. The fraction of sp³-hybridized carbons (Fsp3) is 0.133. The van der Waals surface area contributed by atoms with Crippen molar-refractivity contribution in [2.45, 2.75) is 13.5 Å². The molecular formula is C15H14ClFN2O. The lowest BCUT2D eigenvalue weighted by atomic mass is 10.1. The summed E-state index contributed by atoms with van der Waals surface area (Å²) in [5.74, 6) is -0.110. The highest BCUT2D eigenvalue weighted by molar-refractivity contribution is 6.32. The minimum absolute atomic E-state index is 0.0627. The molecule has 0 fully saturated rings. The normalized spacial score (nSPS) is 10.3. The van der Waals surface area contributed by atoms with Gasteiger partial charge in [0.15, 0.2) is 0 Å². The predicted molar refractivity (Wildman–Crippen MR) is 77.9 cm³/mol. The van der Waals surface area contributed by atoms with Crippen LogP contribution in [0.25, 0.3) is 0 Å². The van der Waals surface area contributed by atoms with Crippen LogP contribution in [0.5, 0.6) is 5.75 Å². The Hall–Kier alpha value is -2.07. The van der Waals surface area contributed by atoms with E-state index < -0.39 is 5.82 Å². The molecule has 0 aliphatic heterocycles. The van der Waals surface area contributed by atoms with Gasteiger partial charge in [0.1, 0.15) is 24.0 Å². The minimum atomic E-state index is -0.457. The standard InChI is InChI=1S/C15H14ClFN2O/c1-9-2-5-12(16)14(6-9)20-8-11-4-3-10(15(18)19)7-13(11)17/h2-7H,8H2,1H3,(H3,18,19). The fourth-order valence-electron chi connectivity index (χ4n) is 1.71. The predicted octanol–water partition coefficient (Wildman–Crippen LogP) is 3.65. The molecule has 0 saturated heterocycles. The van der Waals surface area contributed by atoms with Crippen molar-refractivity contribution >= 4 is 17.4 Å². The van der Waals surface area contributed by atoms with E-state index in [4.69, 9.17) is 27.5 Å². The van der Waals surface area contributed by atoms with Crippen molar-refractivity contribution in [1.82, 2.24) is 0 Å². The van der Waals surface area contributed by atoms with E-state index in [1.54, 1.807) is 24.3 Å². The third-order valence-corrected chi connectivity index (χ3v) is 3.15. The topological polar surface area (TPSA) is 59.1 Å². The molecule has 0 heterocycles. The quantitative estimate of drug-likeness (QED) is 0.667. The number of ether oxygens (including phenoxy) is 1. The van der Waals surface area contributed by atoms with E-state index in [-0.39, 0.29) is 12.4 Å². The van der Waals surface area contributed by atoms with E-state index >= 15 is 0 Å². The van der Waals surface area contributed by atoms with Gasteiger partial charge in [-0.15, -0.1) is 0 Å². The van der Waals surface area contributed by atoms with Crippen molar-refractivity contribution in [1.29, 1.82) is 5.41 Å². The van der Waals surface area contributed by atoms with E-state index in [0.29, 0.717) is 21.9 Å². The van der Waals surface area contributed by atoms with Crippen LogP contribution in [0.15, 0.2) is 36.4 Å². The molecular weight excluding hydrogens is 279 g/mol. The number of benzene rings is 2. The number of nitrogen functional groups attached to an aromatic ring is 1. The molecule has 0 spiro atoms. The van der Waals surface area contributed by atoms with E-state index in [1.807, 2.05) is 13.0 Å². The molecule has 0 unspecified atom stereocenters. The van der Waals surface area contributed by atoms with Gasteiger partial charge in [0.25, 0.3) is 0 Å². The maximum Gasteiger partial charge on any atom is 0.138 e. The monoisotopic (exact) mass is 292 g/mol. The molecule has 0 amide bonds. The second-order valence-corrected chi connectivity index (χ2v) is 4.85. The summed E-state index contributed by atoms with van der Waals surface area (Å²) in [5, 5.41) is 7.74. The summed E-state index contributed by atoms with van der Waals surface area (Å²) in [4.78, 5) is 0. The number of rotatable bonds is 4. The fourth-order valence-corrected chi connectivity index (χ4v) is 1.88. The zero-order valence-electron chi connectivity index (χ0n) is 10.9. The summed E-state index contributed by atoms with van der Waals surface area (Å²) >= 11 is 6.01. The molecule has 3 N–H and O–H groups in total.